The van der Waals surface area contributed by atoms with Crippen LogP contribution in [-0.4, -0.2) is 68.7 Å². The van der Waals surface area contributed by atoms with E-state index in [2.05, 4.69) is 22.6 Å². The smallest absolute Gasteiger partial charge is 0.317 e. The molecule has 2 fully saturated rings. The number of nitrogens with one attached hydrogen (secondary N) is 2. The molecule has 5 nitrogen and oxygen atoms in total. The van der Waals surface area contributed by atoms with Crippen molar-refractivity contribution in [2.75, 3.05) is 46.8 Å². The summed E-state index contributed by atoms with van der Waals surface area (Å²) >= 11 is 0. The number of likely N-dealkylation sites (tertiary alicyclic amines) is 1. The summed E-state index contributed by atoms with van der Waals surface area (Å²) in [5, 5.41) is 6.18. The van der Waals surface area contributed by atoms with E-state index in [-0.39, 0.29) is 6.03 Å². The molecule has 2 unspecified atom stereocenters. The second-order valence-corrected chi connectivity index (χ2v) is 4.92. The molecule has 0 aromatic heterocycles. The number of carbonyl (C=O) groups excluding carboxylic acids is 1. The van der Waals surface area contributed by atoms with Crippen molar-refractivity contribution in [3.63, 3.8) is 0 Å². The van der Waals surface area contributed by atoms with E-state index in [1.165, 1.54) is 6.42 Å². The lowest BCUT2D eigenvalue weighted by Gasteiger charge is -2.18. The van der Waals surface area contributed by atoms with Crippen molar-refractivity contribution in [2.24, 2.45) is 5.92 Å². The van der Waals surface area contributed by atoms with E-state index in [1.54, 1.807) is 0 Å². The third kappa shape index (κ3) is 2.47. The van der Waals surface area contributed by atoms with E-state index < -0.39 is 0 Å². The first-order chi connectivity index (χ1) is 7.70. The molecule has 2 amide bonds. The molecule has 0 aromatic carbocycles. The molecule has 0 saturated carbocycles. The Balaban J connectivity index is 1.83. The summed E-state index contributed by atoms with van der Waals surface area (Å²) in [4.78, 5) is 16.0. The highest BCUT2D eigenvalue weighted by Crippen LogP contribution is 2.21. The van der Waals surface area contributed by atoms with Crippen molar-refractivity contribution in [3.8, 4) is 0 Å². The van der Waals surface area contributed by atoms with Gasteiger partial charge in [-0.25, -0.2) is 4.79 Å². The van der Waals surface area contributed by atoms with Gasteiger partial charge in [-0.1, -0.05) is 0 Å². The number of hydrogen-bond acceptors (Lipinski definition) is 3. The number of urea groups is 1. The monoisotopic (exact) mass is 226 g/mol. The number of carbonyl (C=O) groups is 1. The quantitative estimate of drug-likeness (QED) is 0.683. The van der Waals surface area contributed by atoms with Gasteiger partial charge in [0.05, 0.1) is 6.04 Å². The van der Waals surface area contributed by atoms with Gasteiger partial charge in [-0.2, -0.15) is 0 Å². The van der Waals surface area contributed by atoms with Gasteiger partial charge in [0.15, 0.2) is 0 Å². The minimum atomic E-state index is 0.106. The van der Waals surface area contributed by atoms with Crippen LogP contribution < -0.4 is 10.6 Å². The summed E-state index contributed by atoms with van der Waals surface area (Å²) in [6.07, 6.45) is 1.21. The minimum Gasteiger partial charge on any atom is -0.333 e. The van der Waals surface area contributed by atoms with Crippen LogP contribution >= 0.6 is 0 Å². The SMILES string of the molecule is CNCCN1CC(C2CCN(C)C2)NC1=O. The first-order valence-corrected chi connectivity index (χ1v) is 6.09. The van der Waals surface area contributed by atoms with Gasteiger partial charge in [0.2, 0.25) is 0 Å². The highest BCUT2D eigenvalue weighted by molar-refractivity contribution is 5.77. The number of likely N-dealkylation sites (N-methyl/N-ethyl adjacent to an activating group) is 1. The lowest BCUT2D eigenvalue weighted by molar-refractivity contribution is 0.218. The highest BCUT2D eigenvalue weighted by Gasteiger charge is 2.36. The number of amides is 2. The summed E-state index contributed by atoms with van der Waals surface area (Å²) in [6.45, 7) is 4.82. The topological polar surface area (TPSA) is 47.6 Å². The van der Waals surface area contributed by atoms with Crippen molar-refractivity contribution in [1.29, 1.82) is 0 Å². The normalized spacial score (nSPS) is 31.1. The Hall–Kier alpha value is -0.810. The minimum absolute atomic E-state index is 0.106. The average Bonchev–Trinajstić information content (AvgIpc) is 2.82. The van der Waals surface area contributed by atoms with Gasteiger partial charge in [0.1, 0.15) is 0 Å². The Morgan fingerprint density at radius 1 is 1.50 bits per heavy atom. The molecule has 92 valence electrons. The van der Waals surface area contributed by atoms with Gasteiger partial charge in [-0.15, -0.1) is 0 Å². The number of nitrogens with zero attached hydrogens (tertiary/aromatic N) is 2. The first kappa shape index (κ1) is 11.7. The van der Waals surface area contributed by atoms with Crippen LogP contribution in [0.15, 0.2) is 0 Å². The summed E-state index contributed by atoms with van der Waals surface area (Å²) in [5.74, 6) is 0.633. The van der Waals surface area contributed by atoms with Gasteiger partial charge in [-0.05, 0) is 33.0 Å². The molecule has 2 heterocycles. The lowest BCUT2D eigenvalue weighted by atomic mass is 10.00. The average molecular weight is 226 g/mol. The maximum atomic E-state index is 11.7. The Kier molecular flexibility index (Phi) is 3.66. The number of hydrogen-bond donors (Lipinski definition) is 2. The second kappa shape index (κ2) is 5.01. The van der Waals surface area contributed by atoms with Gasteiger partial charge < -0.3 is 20.4 Å². The Morgan fingerprint density at radius 2 is 2.31 bits per heavy atom. The van der Waals surface area contributed by atoms with Gasteiger partial charge >= 0.3 is 6.03 Å². The van der Waals surface area contributed by atoms with Gasteiger partial charge in [0.25, 0.3) is 0 Å². The zero-order valence-corrected chi connectivity index (χ0v) is 10.2. The number of rotatable bonds is 4. The van der Waals surface area contributed by atoms with Crippen molar-refractivity contribution < 1.29 is 4.79 Å². The molecule has 2 saturated heterocycles. The fourth-order valence-corrected chi connectivity index (χ4v) is 2.62. The third-order valence-corrected chi connectivity index (χ3v) is 3.64. The molecule has 2 N–H and O–H groups in total. The van der Waals surface area contributed by atoms with E-state index >= 15 is 0 Å². The predicted molar refractivity (Wildman–Crippen MR) is 63.4 cm³/mol. The molecule has 2 aliphatic heterocycles. The van der Waals surface area contributed by atoms with Gasteiger partial charge in [0, 0.05) is 26.2 Å². The van der Waals surface area contributed by atoms with E-state index in [0.29, 0.717) is 12.0 Å². The summed E-state index contributed by atoms with van der Waals surface area (Å²) in [7, 11) is 4.06. The molecule has 2 rings (SSSR count). The molecular formula is C11H22N4O. The fraction of sp³-hybridized carbons (Fsp3) is 0.909. The molecule has 16 heavy (non-hydrogen) atoms. The van der Waals surface area contributed by atoms with Crippen LogP contribution in [0.4, 0.5) is 4.79 Å². The van der Waals surface area contributed by atoms with Crippen LogP contribution in [0.3, 0.4) is 0 Å². The zero-order chi connectivity index (χ0) is 11.5. The van der Waals surface area contributed by atoms with E-state index in [1.807, 2.05) is 11.9 Å². The lowest BCUT2D eigenvalue weighted by Crippen LogP contribution is -2.35. The van der Waals surface area contributed by atoms with Crippen LogP contribution in [0, 0.1) is 5.92 Å². The fourth-order valence-electron chi connectivity index (χ4n) is 2.62. The molecule has 5 heteroatoms. The molecule has 0 spiro atoms. The molecular weight excluding hydrogens is 204 g/mol. The molecule has 0 aromatic rings. The van der Waals surface area contributed by atoms with Crippen LogP contribution in [0.5, 0.6) is 0 Å². The van der Waals surface area contributed by atoms with Crippen LogP contribution in [-0.2, 0) is 0 Å². The Bertz CT molecular complexity index is 258. The Labute approximate surface area is 97.2 Å². The van der Waals surface area contributed by atoms with Gasteiger partial charge in [-0.3, -0.25) is 0 Å². The van der Waals surface area contributed by atoms with E-state index in [4.69, 9.17) is 0 Å². The zero-order valence-electron chi connectivity index (χ0n) is 10.2. The van der Waals surface area contributed by atoms with Crippen LogP contribution in [0.2, 0.25) is 0 Å². The van der Waals surface area contributed by atoms with E-state index in [0.717, 1.165) is 32.7 Å². The second-order valence-electron chi connectivity index (χ2n) is 4.92. The van der Waals surface area contributed by atoms with Crippen molar-refractivity contribution in [1.82, 2.24) is 20.4 Å². The summed E-state index contributed by atoms with van der Waals surface area (Å²) < 4.78 is 0. The Morgan fingerprint density at radius 3 is 2.94 bits per heavy atom. The van der Waals surface area contributed by atoms with Crippen LogP contribution in [0.25, 0.3) is 0 Å². The standard InChI is InChI=1S/C11H22N4O/c1-12-4-6-15-8-10(13-11(15)16)9-3-5-14(2)7-9/h9-10,12H,3-8H2,1-2H3,(H,13,16). The van der Waals surface area contributed by atoms with Crippen molar-refractivity contribution >= 4 is 6.03 Å². The largest absolute Gasteiger partial charge is 0.333 e. The van der Waals surface area contributed by atoms with Crippen molar-refractivity contribution in [3.05, 3.63) is 0 Å². The molecule has 0 aliphatic carbocycles. The summed E-state index contributed by atoms with van der Waals surface area (Å²) in [5.41, 5.74) is 0. The summed E-state index contributed by atoms with van der Waals surface area (Å²) in [6, 6.07) is 0.462. The molecule has 0 radical (unpaired) electrons. The van der Waals surface area contributed by atoms with E-state index in [9.17, 15) is 4.79 Å². The third-order valence-electron chi connectivity index (χ3n) is 3.64. The molecule has 0 bridgehead atoms. The maximum absolute atomic E-state index is 11.7. The van der Waals surface area contributed by atoms with Crippen molar-refractivity contribution in [2.45, 2.75) is 12.5 Å². The maximum Gasteiger partial charge on any atom is 0.317 e. The predicted octanol–water partition coefficient (Wildman–Crippen LogP) is -0.449. The first-order valence-electron chi connectivity index (χ1n) is 6.09. The molecule has 2 atom stereocenters. The molecule has 2 aliphatic rings. The highest BCUT2D eigenvalue weighted by atomic mass is 16.2. The van der Waals surface area contributed by atoms with Crippen LogP contribution in [0.1, 0.15) is 6.42 Å².